The number of amides is 2. The molecule has 0 unspecified atom stereocenters. The molecule has 7 heteroatoms. The number of carbonyl (C=O) groups is 2. The molecule has 1 aromatic carbocycles. The lowest BCUT2D eigenvalue weighted by Crippen LogP contribution is -2.46. The van der Waals surface area contributed by atoms with Gasteiger partial charge in [0.1, 0.15) is 5.82 Å². The summed E-state index contributed by atoms with van der Waals surface area (Å²) in [5.74, 6) is -1.33. The third-order valence-electron chi connectivity index (χ3n) is 5.95. The molecule has 3 aliphatic rings. The Bertz CT molecular complexity index is 728. The van der Waals surface area contributed by atoms with E-state index in [0.29, 0.717) is 38.2 Å². The molecule has 0 saturated carbocycles. The first-order valence-electron chi connectivity index (χ1n) is 9.23. The van der Waals surface area contributed by atoms with Crippen LogP contribution in [0.1, 0.15) is 18.4 Å². The van der Waals surface area contributed by atoms with Crippen molar-refractivity contribution in [1.82, 2.24) is 10.2 Å². The van der Waals surface area contributed by atoms with Crippen LogP contribution in [0.3, 0.4) is 0 Å². The minimum Gasteiger partial charge on any atom is -0.368 e. The van der Waals surface area contributed by atoms with Gasteiger partial charge in [0.15, 0.2) is 0 Å². The molecule has 140 valence electrons. The average Bonchev–Trinajstić information content (AvgIpc) is 3.25. The van der Waals surface area contributed by atoms with Crippen molar-refractivity contribution in [1.29, 1.82) is 0 Å². The fraction of sp³-hybridized carbons (Fsp3) is 0.579. The van der Waals surface area contributed by atoms with Gasteiger partial charge in [-0.25, -0.2) is 4.39 Å². The number of nitrogens with zero attached hydrogens (tertiary/aromatic N) is 1. The third kappa shape index (κ3) is 2.70. The van der Waals surface area contributed by atoms with Crippen molar-refractivity contribution in [3.63, 3.8) is 0 Å². The Labute approximate surface area is 151 Å². The highest BCUT2D eigenvalue weighted by Crippen LogP contribution is 2.55. The molecule has 3 heterocycles. The molecule has 2 amide bonds. The van der Waals surface area contributed by atoms with Gasteiger partial charge in [-0.1, -0.05) is 18.2 Å². The van der Waals surface area contributed by atoms with Gasteiger partial charge in [-0.05, 0) is 30.9 Å². The first-order valence-corrected chi connectivity index (χ1v) is 9.23. The summed E-state index contributed by atoms with van der Waals surface area (Å²) in [5, 5.41) is 2.88. The van der Waals surface area contributed by atoms with Gasteiger partial charge in [0.25, 0.3) is 0 Å². The Morgan fingerprint density at radius 2 is 2.23 bits per heavy atom. The van der Waals surface area contributed by atoms with E-state index in [1.807, 2.05) is 0 Å². The van der Waals surface area contributed by atoms with E-state index in [0.717, 1.165) is 12.8 Å². The van der Waals surface area contributed by atoms with Crippen LogP contribution in [0.5, 0.6) is 0 Å². The molecule has 1 aromatic rings. The van der Waals surface area contributed by atoms with Gasteiger partial charge >= 0.3 is 0 Å². The molecule has 3 aliphatic heterocycles. The first-order chi connectivity index (χ1) is 12.6. The number of benzene rings is 1. The second-order valence-electron chi connectivity index (χ2n) is 7.44. The summed E-state index contributed by atoms with van der Waals surface area (Å²) in [7, 11) is 0. The monoisotopic (exact) mass is 361 g/mol. The van der Waals surface area contributed by atoms with Gasteiger partial charge in [0.2, 0.25) is 11.8 Å². The van der Waals surface area contributed by atoms with E-state index in [1.165, 1.54) is 6.07 Å². The van der Waals surface area contributed by atoms with Gasteiger partial charge in [-0.3, -0.25) is 9.59 Å². The van der Waals surface area contributed by atoms with Crippen LogP contribution in [0.2, 0.25) is 0 Å². The maximum atomic E-state index is 13.7. The predicted molar refractivity (Wildman–Crippen MR) is 92.6 cm³/mol. The van der Waals surface area contributed by atoms with Gasteiger partial charge < -0.3 is 20.7 Å². The first kappa shape index (κ1) is 17.4. The van der Waals surface area contributed by atoms with Crippen LogP contribution < -0.4 is 11.1 Å². The van der Waals surface area contributed by atoms with Crippen molar-refractivity contribution in [2.75, 3.05) is 26.2 Å². The van der Waals surface area contributed by atoms with Gasteiger partial charge in [-0.2, -0.15) is 0 Å². The summed E-state index contributed by atoms with van der Waals surface area (Å²) >= 11 is 0. The van der Waals surface area contributed by atoms with Crippen LogP contribution in [0.25, 0.3) is 0 Å². The second kappa shape index (κ2) is 6.63. The zero-order chi connectivity index (χ0) is 18.3. The lowest BCUT2D eigenvalue weighted by molar-refractivity contribution is -0.138. The second-order valence-corrected chi connectivity index (χ2v) is 7.44. The predicted octanol–water partition coefficient (Wildman–Crippen LogP) is 0.449. The standard InChI is InChI=1S/C19H24FN3O3/c20-13-4-2-1-3-12(13)6-9-22-17(24)15-14-5-7-19(26-14)11-23(10-8-21)18(25)16(15)19/h1-4,14-16H,5-11,21H2,(H,22,24)/t14-,15-,16+,19-/m1/s1. The molecule has 2 bridgehead atoms. The van der Waals surface area contributed by atoms with Crippen molar-refractivity contribution in [3.8, 4) is 0 Å². The van der Waals surface area contributed by atoms with Gasteiger partial charge in [0.05, 0.1) is 30.1 Å². The molecule has 3 saturated heterocycles. The molecule has 4 atom stereocenters. The summed E-state index contributed by atoms with van der Waals surface area (Å²) in [6.07, 6.45) is 1.83. The van der Waals surface area contributed by atoms with E-state index < -0.39 is 17.4 Å². The number of hydrogen-bond acceptors (Lipinski definition) is 4. The number of rotatable bonds is 6. The van der Waals surface area contributed by atoms with E-state index in [2.05, 4.69) is 5.32 Å². The van der Waals surface area contributed by atoms with Crippen molar-refractivity contribution in [2.45, 2.75) is 31.0 Å². The topological polar surface area (TPSA) is 84.7 Å². The lowest BCUT2D eigenvalue weighted by Gasteiger charge is -2.27. The Balaban J connectivity index is 1.42. The molecule has 0 aromatic heterocycles. The van der Waals surface area contributed by atoms with Crippen molar-refractivity contribution in [2.24, 2.45) is 17.6 Å². The number of hydrogen-bond donors (Lipinski definition) is 2. The summed E-state index contributed by atoms with van der Waals surface area (Å²) in [4.78, 5) is 27.3. The smallest absolute Gasteiger partial charge is 0.229 e. The Morgan fingerprint density at radius 1 is 1.42 bits per heavy atom. The van der Waals surface area contributed by atoms with E-state index in [-0.39, 0.29) is 23.7 Å². The number of nitrogens with one attached hydrogen (secondary N) is 1. The van der Waals surface area contributed by atoms with E-state index in [1.54, 1.807) is 23.1 Å². The van der Waals surface area contributed by atoms with Crippen LogP contribution in [-0.2, 0) is 20.7 Å². The number of fused-ring (bicyclic) bond motifs is 1. The normalized spacial score (nSPS) is 32.2. The van der Waals surface area contributed by atoms with Crippen LogP contribution in [0, 0.1) is 17.7 Å². The molecule has 6 nitrogen and oxygen atoms in total. The van der Waals surface area contributed by atoms with Crippen LogP contribution in [0.4, 0.5) is 4.39 Å². The molecule has 0 radical (unpaired) electrons. The van der Waals surface area contributed by atoms with E-state index in [4.69, 9.17) is 10.5 Å². The summed E-state index contributed by atoms with van der Waals surface area (Å²) in [5.41, 5.74) is 5.64. The molecule has 4 rings (SSSR count). The summed E-state index contributed by atoms with van der Waals surface area (Å²) in [6.45, 7) is 1.76. The van der Waals surface area contributed by atoms with Crippen molar-refractivity contribution in [3.05, 3.63) is 35.6 Å². The maximum absolute atomic E-state index is 13.7. The zero-order valence-corrected chi connectivity index (χ0v) is 14.6. The largest absolute Gasteiger partial charge is 0.368 e. The number of carbonyl (C=O) groups excluding carboxylic acids is 2. The van der Waals surface area contributed by atoms with E-state index in [9.17, 15) is 14.0 Å². The van der Waals surface area contributed by atoms with Crippen LogP contribution in [-0.4, -0.2) is 54.6 Å². The Hall–Kier alpha value is -1.99. The van der Waals surface area contributed by atoms with E-state index >= 15 is 0 Å². The van der Waals surface area contributed by atoms with Gasteiger partial charge in [0, 0.05) is 19.6 Å². The molecule has 3 fully saturated rings. The minimum atomic E-state index is -0.523. The van der Waals surface area contributed by atoms with Crippen LogP contribution in [0.15, 0.2) is 24.3 Å². The molecule has 1 spiro atoms. The number of nitrogens with two attached hydrogens (primary N) is 1. The number of ether oxygens (including phenoxy) is 1. The van der Waals surface area contributed by atoms with Crippen molar-refractivity contribution >= 4 is 11.8 Å². The highest BCUT2D eigenvalue weighted by molar-refractivity contribution is 5.92. The molecule has 0 aliphatic carbocycles. The Kier molecular flexibility index (Phi) is 4.44. The maximum Gasteiger partial charge on any atom is 0.229 e. The van der Waals surface area contributed by atoms with Gasteiger partial charge in [-0.15, -0.1) is 0 Å². The molecule has 26 heavy (non-hydrogen) atoms. The lowest BCUT2D eigenvalue weighted by atomic mass is 9.73. The van der Waals surface area contributed by atoms with Crippen LogP contribution >= 0.6 is 0 Å². The fourth-order valence-electron chi connectivity index (χ4n) is 4.83. The number of likely N-dealkylation sites (tertiary alicyclic amines) is 1. The highest BCUT2D eigenvalue weighted by Gasteiger charge is 2.68. The molecular formula is C19H24FN3O3. The number of halogens is 1. The Morgan fingerprint density at radius 3 is 3.00 bits per heavy atom. The third-order valence-corrected chi connectivity index (χ3v) is 5.95. The fourth-order valence-corrected chi connectivity index (χ4v) is 4.83. The SMILES string of the molecule is NCCN1C[C@@]23CC[C@@H](O2)[C@@H](C(=O)NCCc2ccccc2F)[C@H]3C1=O. The molecular weight excluding hydrogens is 337 g/mol. The summed E-state index contributed by atoms with van der Waals surface area (Å²) in [6, 6.07) is 6.54. The zero-order valence-electron chi connectivity index (χ0n) is 14.6. The van der Waals surface area contributed by atoms with Crippen molar-refractivity contribution < 1.29 is 18.7 Å². The minimum absolute atomic E-state index is 0.0214. The molecule has 3 N–H and O–H groups in total. The quantitative estimate of drug-likeness (QED) is 0.771. The summed E-state index contributed by atoms with van der Waals surface area (Å²) < 4.78 is 19.8. The highest BCUT2D eigenvalue weighted by atomic mass is 19.1. The average molecular weight is 361 g/mol.